The minimum Gasteiger partial charge on any atom is -0.481 e. The van der Waals surface area contributed by atoms with Gasteiger partial charge in [0.15, 0.2) is 0 Å². The SMILES string of the molecule is CCC[C@@H]1[C@H](C(=O)N2CCc3cc(F)ccc3C2CCCCC(=O)O)CCCN1C(=O)c1ncccc1C(F)(F)F. The molecule has 0 radical (unpaired) electrons. The second-order valence-electron chi connectivity index (χ2n) is 10.8. The predicted molar refractivity (Wildman–Crippen MR) is 142 cm³/mol. The molecule has 11 heteroatoms. The number of aromatic nitrogens is 1. The molecule has 1 fully saturated rings. The third kappa shape index (κ3) is 6.87. The van der Waals surface area contributed by atoms with E-state index in [1.807, 2.05) is 6.92 Å². The summed E-state index contributed by atoms with van der Waals surface area (Å²) in [4.78, 5) is 45.7. The molecular weight excluding hydrogens is 542 g/mol. The van der Waals surface area contributed by atoms with Crippen molar-refractivity contribution in [1.82, 2.24) is 14.8 Å². The number of carbonyl (C=O) groups excluding carboxylic acids is 2. The molecule has 0 spiro atoms. The first-order chi connectivity index (χ1) is 19.5. The first-order valence-electron chi connectivity index (χ1n) is 14.2. The van der Waals surface area contributed by atoms with Crippen LogP contribution in [0, 0.1) is 11.7 Å². The van der Waals surface area contributed by atoms with Crippen molar-refractivity contribution in [3.05, 3.63) is 64.7 Å². The fourth-order valence-electron chi connectivity index (χ4n) is 6.27. The predicted octanol–water partition coefficient (Wildman–Crippen LogP) is 6.03. The lowest BCUT2D eigenvalue weighted by molar-refractivity contribution is -0.143. The number of unbranched alkanes of at least 4 members (excludes halogenated alkanes) is 1. The minimum atomic E-state index is -4.75. The molecule has 7 nitrogen and oxygen atoms in total. The Bertz CT molecular complexity index is 1270. The number of aliphatic carboxylic acids is 1. The summed E-state index contributed by atoms with van der Waals surface area (Å²) in [6.07, 6.45) is 0.327. The van der Waals surface area contributed by atoms with Crippen LogP contribution in [0.15, 0.2) is 36.5 Å². The lowest BCUT2D eigenvalue weighted by Crippen LogP contribution is -2.55. The number of carbonyl (C=O) groups is 3. The molecule has 0 saturated carbocycles. The topological polar surface area (TPSA) is 90.8 Å². The van der Waals surface area contributed by atoms with E-state index in [2.05, 4.69) is 4.98 Å². The van der Waals surface area contributed by atoms with Crippen molar-refractivity contribution in [3.8, 4) is 0 Å². The number of rotatable bonds is 9. The highest BCUT2D eigenvalue weighted by atomic mass is 19.4. The second kappa shape index (κ2) is 13.0. The van der Waals surface area contributed by atoms with E-state index >= 15 is 0 Å². The van der Waals surface area contributed by atoms with Crippen molar-refractivity contribution in [2.45, 2.75) is 83.0 Å². The Hall–Kier alpha value is -3.50. The standard InChI is InChI=1S/C30H35F4N3O4/c1-2-7-24-22(8-6-16-36(24)29(41)27-23(30(32,33)34)9-5-15-35-27)28(40)37-17-14-19-18-20(31)12-13-21(19)25(37)10-3-4-11-26(38)39/h5,9,12-13,15,18,22,24-25H,2-4,6-8,10-11,14,16-17H2,1H3,(H,38,39)/t22-,24-,25?/m1/s1. The van der Waals surface area contributed by atoms with Crippen LogP contribution in [0.25, 0.3) is 0 Å². The number of halogens is 4. The molecule has 2 aromatic rings. The maximum absolute atomic E-state index is 14.2. The molecule has 2 aliphatic heterocycles. The maximum Gasteiger partial charge on any atom is 0.418 e. The van der Waals surface area contributed by atoms with Crippen LogP contribution in [0.1, 0.15) is 91.5 Å². The summed E-state index contributed by atoms with van der Waals surface area (Å²) >= 11 is 0. The number of fused-ring (bicyclic) bond motifs is 1. The van der Waals surface area contributed by atoms with Gasteiger partial charge in [-0.3, -0.25) is 19.4 Å². The summed E-state index contributed by atoms with van der Waals surface area (Å²) in [5.41, 5.74) is -0.146. The highest BCUT2D eigenvalue weighted by Gasteiger charge is 2.44. The van der Waals surface area contributed by atoms with E-state index < -0.39 is 41.3 Å². The van der Waals surface area contributed by atoms with Gasteiger partial charge in [-0.25, -0.2) is 4.39 Å². The molecule has 3 atom stereocenters. The van der Waals surface area contributed by atoms with E-state index in [0.29, 0.717) is 57.9 Å². The van der Waals surface area contributed by atoms with E-state index in [1.165, 1.54) is 17.0 Å². The highest BCUT2D eigenvalue weighted by Crippen LogP contribution is 2.39. The molecule has 1 aromatic heterocycles. The van der Waals surface area contributed by atoms with Gasteiger partial charge in [-0.15, -0.1) is 0 Å². The van der Waals surface area contributed by atoms with Crippen LogP contribution in [0.4, 0.5) is 17.6 Å². The molecule has 3 heterocycles. The van der Waals surface area contributed by atoms with Crippen molar-refractivity contribution in [3.63, 3.8) is 0 Å². The molecule has 1 unspecified atom stereocenters. The Morgan fingerprint density at radius 2 is 1.85 bits per heavy atom. The molecule has 1 N–H and O–H groups in total. The molecule has 1 aromatic carbocycles. The van der Waals surface area contributed by atoms with E-state index in [4.69, 9.17) is 5.11 Å². The van der Waals surface area contributed by atoms with Crippen LogP contribution >= 0.6 is 0 Å². The highest BCUT2D eigenvalue weighted by molar-refractivity contribution is 5.95. The van der Waals surface area contributed by atoms with Crippen molar-refractivity contribution < 1.29 is 37.1 Å². The van der Waals surface area contributed by atoms with E-state index in [1.54, 1.807) is 11.0 Å². The number of piperidine rings is 1. The lowest BCUT2D eigenvalue weighted by Gasteiger charge is -2.45. The summed E-state index contributed by atoms with van der Waals surface area (Å²) < 4.78 is 55.1. The number of carboxylic acid groups (broad SMARTS) is 1. The van der Waals surface area contributed by atoms with Crippen LogP contribution in [0.3, 0.4) is 0 Å². The molecule has 222 valence electrons. The van der Waals surface area contributed by atoms with Gasteiger partial charge < -0.3 is 14.9 Å². The summed E-state index contributed by atoms with van der Waals surface area (Å²) in [5, 5.41) is 9.04. The van der Waals surface area contributed by atoms with Gasteiger partial charge in [-0.05, 0) is 73.9 Å². The van der Waals surface area contributed by atoms with Gasteiger partial charge >= 0.3 is 12.1 Å². The number of hydrogen-bond donors (Lipinski definition) is 1. The van der Waals surface area contributed by atoms with Gasteiger partial charge in [-0.2, -0.15) is 13.2 Å². The van der Waals surface area contributed by atoms with Gasteiger partial charge in [0, 0.05) is 31.7 Å². The molecule has 4 rings (SSSR count). The fraction of sp³-hybridized carbons (Fsp3) is 0.533. The summed E-state index contributed by atoms with van der Waals surface area (Å²) in [6.45, 7) is 2.46. The molecule has 2 amide bonds. The Morgan fingerprint density at radius 3 is 2.56 bits per heavy atom. The van der Waals surface area contributed by atoms with E-state index in [0.717, 1.165) is 29.5 Å². The molecule has 0 aliphatic carbocycles. The smallest absolute Gasteiger partial charge is 0.418 e. The summed E-state index contributed by atoms with van der Waals surface area (Å²) in [7, 11) is 0. The molecule has 0 bridgehead atoms. The third-order valence-corrected chi connectivity index (χ3v) is 8.12. The zero-order valence-corrected chi connectivity index (χ0v) is 23.0. The first-order valence-corrected chi connectivity index (χ1v) is 14.2. The summed E-state index contributed by atoms with van der Waals surface area (Å²) in [5.74, 6) is -2.91. The van der Waals surface area contributed by atoms with Gasteiger partial charge in [-0.1, -0.05) is 25.8 Å². The molecular formula is C30H35F4N3O4. The van der Waals surface area contributed by atoms with E-state index in [9.17, 15) is 31.9 Å². The molecule has 2 aliphatic rings. The van der Waals surface area contributed by atoms with Crippen LogP contribution in [0.2, 0.25) is 0 Å². The minimum absolute atomic E-state index is 0.00263. The van der Waals surface area contributed by atoms with Gasteiger partial charge in [0.05, 0.1) is 17.5 Å². The van der Waals surface area contributed by atoms with Crippen LogP contribution in [-0.4, -0.2) is 56.8 Å². The number of pyridine rings is 1. The first kappa shape index (κ1) is 30.5. The lowest BCUT2D eigenvalue weighted by atomic mass is 9.82. The van der Waals surface area contributed by atoms with Crippen LogP contribution in [0.5, 0.6) is 0 Å². The van der Waals surface area contributed by atoms with Gasteiger partial charge in [0.2, 0.25) is 5.91 Å². The number of likely N-dealkylation sites (tertiary alicyclic amines) is 1. The molecule has 41 heavy (non-hydrogen) atoms. The average Bonchev–Trinajstić information content (AvgIpc) is 2.94. The summed E-state index contributed by atoms with van der Waals surface area (Å²) in [6, 6.07) is 5.48. The Balaban J connectivity index is 1.62. The van der Waals surface area contributed by atoms with Crippen molar-refractivity contribution in [2.75, 3.05) is 13.1 Å². The van der Waals surface area contributed by atoms with Gasteiger partial charge in [0.1, 0.15) is 11.5 Å². The fourth-order valence-corrected chi connectivity index (χ4v) is 6.27. The molecule has 1 saturated heterocycles. The van der Waals surface area contributed by atoms with Gasteiger partial charge in [0.25, 0.3) is 5.91 Å². The number of hydrogen-bond acceptors (Lipinski definition) is 4. The Labute approximate surface area is 236 Å². The number of benzene rings is 1. The van der Waals surface area contributed by atoms with Crippen LogP contribution in [-0.2, 0) is 22.2 Å². The monoisotopic (exact) mass is 577 g/mol. The second-order valence-corrected chi connectivity index (χ2v) is 10.8. The number of carboxylic acids is 1. The van der Waals surface area contributed by atoms with Crippen molar-refractivity contribution in [1.29, 1.82) is 0 Å². The van der Waals surface area contributed by atoms with Crippen molar-refractivity contribution >= 4 is 17.8 Å². The third-order valence-electron chi connectivity index (χ3n) is 8.12. The zero-order valence-electron chi connectivity index (χ0n) is 23.0. The maximum atomic E-state index is 14.2. The van der Waals surface area contributed by atoms with Crippen molar-refractivity contribution in [2.24, 2.45) is 5.92 Å². The van der Waals surface area contributed by atoms with Crippen LogP contribution < -0.4 is 0 Å². The average molecular weight is 578 g/mol. The Kier molecular flexibility index (Phi) is 9.65. The largest absolute Gasteiger partial charge is 0.481 e. The van der Waals surface area contributed by atoms with E-state index in [-0.39, 0.29) is 30.7 Å². The zero-order chi connectivity index (χ0) is 29.7. The quantitative estimate of drug-likeness (QED) is 0.290. The Morgan fingerprint density at radius 1 is 1.07 bits per heavy atom. The number of nitrogens with zero attached hydrogens (tertiary/aromatic N) is 3. The normalized spacial score (nSPS) is 21.0. The number of alkyl halides is 3. The number of amides is 2.